The number of nitrogens with zero attached hydrogens (tertiary/aromatic N) is 2. The molecule has 0 atom stereocenters. The molecular weight excluding hydrogens is 375 g/mol. The van der Waals surface area contributed by atoms with E-state index in [1.54, 1.807) is 6.07 Å². The van der Waals surface area contributed by atoms with E-state index >= 15 is 0 Å². The average molecular weight is 382 g/mol. The standard InChI is InChI=1S/C9H7IN2O5S/c1-18(15,16)17-5-2-3-6-7(4-5)12(9(13)14)11-8(6)10/h2-4H,1H3,(H,13,14). The Morgan fingerprint density at radius 1 is 1.50 bits per heavy atom. The molecule has 0 aliphatic carbocycles. The molecule has 9 heteroatoms. The molecule has 1 aromatic heterocycles. The normalized spacial score (nSPS) is 11.7. The highest BCUT2D eigenvalue weighted by molar-refractivity contribution is 14.1. The van der Waals surface area contributed by atoms with Crippen LogP contribution < -0.4 is 4.18 Å². The number of rotatable bonds is 2. The minimum atomic E-state index is -3.65. The van der Waals surface area contributed by atoms with E-state index < -0.39 is 16.2 Å². The second-order valence-electron chi connectivity index (χ2n) is 3.45. The van der Waals surface area contributed by atoms with Crippen LogP contribution >= 0.6 is 22.6 Å². The van der Waals surface area contributed by atoms with Crippen molar-refractivity contribution in [1.82, 2.24) is 9.78 Å². The van der Waals surface area contributed by atoms with Crippen LogP contribution in [0.3, 0.4) is 0 Å². The number of halogens is 1. The van der Waals surface area contributed by atoms with Crippen LogP contribution in [0.15, 0.2) is 18.2 Å². The van der Waals surface area contributed by atoms with Gasteiger partial charge in [-0.25, -0.2) is 4.79 Å². The lowest BCUT2D eigenvalue weighted by molar-refractivity contribution is 0.194. The van der Waals surface area contributed by atoms with Crippen molar-refractivity contribution < 1.29 is 22.5 Å². The highest BCUT2D eigenvalue weighted by Crippen LogP contribution is 2.25. The molecule has 2 rings (SSSR count). The van der Waals surface area contributed by atoms with Gasteiger partial charge in [0.25, 0.3) is 0 Å². The Morgan fingerprint density at radius 2 is 2.17 bits per heavy atom. The maximum absolute atomic E-state index is 11.0. The van der Waals surface area contributed by atoms with Crippen LogP contribution in [-0.4, -0.2) is 35.7 Å². The number of fused-ring (bicyclic) bond motifs is 1. The lowest BCUT2D eigenvalue weighted by atomic mass is 10.2. The van der Waals surface area contributed by atoms with Crippen molar-refractivity contribution in [2.75, 3.05) is 6.26 Å². The maximum Gasteiger partial charge on any atom is 0.432 e. The average Bonchev–Trinajstić information content (AvgIpc) is 2.53. The molecule has 1 heterocycles. The van der Waals surface area contributed by atoms with Gasteiger partial charge in [0.05, 0.1) is 11.8 Å². The highest BCUT2D eigenvalue weighted by Gasteiger charge is 2.15. The van der Waals surface area contributed by atoms with Gasteiger partial charge < -0.3 is 9.29 Å². The third-order valence-electron chi connectivity index (χ3n) is 2.04. The van der Waals surface area contributed by atoms with E-state index in [1.807, 2.05) is 22.6 Å². The van der Waals surface area contributed by atoms with E-state index in [4.69, 9.17) is 5.11 Å². The first-order valence-corrected chi connectivity index (χ1v) is 7.48. The predicted molar refractivity (Wildman–Crippen MR) is 71.3 cm³/mol. The van der Waals surface area contributed by atoms with E-state index in [-0.39, 0.29) is 11.3 Å². The van der Waals surface area contributed by atoms with Crippen LogP contribution in [0.2, 0.25) is 0 Å². The number of hydrogen-bond acceptors (Lipinski definition) is 5. The molecule has 0 saturated carbocycles. The van der Waals surface area contributed by atoms with Crippen molar-refractivity contribution in [3.05, 3.63) is 21.9 Å². The zero-order valence-electron chi connectivity index (χ0n) is 8.99. The van der Waals surface area contributed by atoms with Crippen LogP contribution in [0.4, 0.5) is 4.79 Å². The molecule has 0 aliphatic heterocycles. The number of aromatic nitrogens is 2. The van der Waals surface area contributed by atoms with Crippen LogP contribution in [0, 0.1) is 3.70 Å². The summed E-state index contributed by atoms with van der Waals surface area (Å²) in [5.74, 6) is 0.0452. The molecule has 1 aromatic carbocycles. The van der Waals surface area contributed by atoms with Gasteiger partial charge in [-0.2, -0.15) is 18.2 Å². The molecule has 0 fully saturated rings. The molecular formula is C9H7IN2O5S. The zero-order chi connectivity index (χ0) is 13.5. The van der Waals surface area contributed by atoms with Crippen molar-refractivity contribution >= 4 is 49.7 Å². The summed E-state index contributed by atoms with van der Waals surface area (Å²) < 4.78 is 28.0. The van der Waals surface area contributed by atoms with Gasteiger partial charge in [-0.3, -0.25) is 0 Å². The van der Waals surface area contributed by atoms with Gasteiger partial charge in [-0.1, -0.05) is 0 Å². The quantitative estimate of drug-likeness (QED) is 0.625. The molecule has 0 saturated heterocycles. The molecule has 1 N–H and O–H groups in total. The Labute approximate surface area is 116 Å². The summed E-state index contributed by atoms with van der Waals surface area (Å²) in [7, 11) is -3.65. The maximum atomic E-state index is 11.0. The molecule has 96 valence electrons. The van der Waals surface area contributed by atoms with Crippen LogP contribution in [0.25, 0.3) is 10.9 Å². The zero-order valence-corrected chi connectivity index (χ0v) is 12.0. The minimum Gasteiger partial charge on any atom is -0.463 e. The second-order valence-corrected chi connectivity index (χ2v) is 6.05. The predicted octanol–water partition coefficient (Wildman–Crippen LogP) is 1.51. The SMILES string of the molecule is CS(=O)(=O)Oc1ccc2c(I)nn(C(=O)O)c2c1. The molecule has 0 unspecified atom stereocenters. The van der Waals surface area contributed by atoms with Gasteiger partial charge >= 0.3 is 16.2 Å². The van der Waals surface area contributed by atoms with Gasteiger partial charge in [0, 0.05) is 11.5 Å². The first-order chi connectivity index (χ1) is 8.28. The Morgan fingerprint density at radius 3 is 2.72 bits per heavy atom. The van der Waals surface area contributed by atoms with Gasteiger partial charge in [-0.05, 0) is 34.7 Å². The molecule has 0 radical (unpaired) electrons. The molecule has 18 heavy (non-hydrogen) atoms. The van der Waals surface area contributed by atoms with Crippen LogP contribution in [0.1, 0.15) is 0 Å². The molecule has 2 aromatic rings. The monoisotopic (exact) mass is 382 g/mol. The second kappa shape index (κ2) is 4.39. The largest absolute Gasteiger partial charge is 0.463 e. The summed E-state index contributed by atoms with van der Waals surface area (Å²) in [6.45, 7) is 0. The third kappa shape index (κ3) is 2.56. The van der Waals surface area contributed by atoms with Crippen molar-refractivity contribution in [1.29, 1.82) is 0 Å². The number of benzene rings is 1. The molecule has 0 bridgehead atoms. The number of carbonyl (C=O) groups is 1. The number of hydrogen-bond donors (Lipinski definition) is 1. The summed E-state index contributed by atoms with van der Waals surface area (Å²) >= 11 is 1.90. The fourth-order valence-electron chi connectivity index (χ4n) is 1.43. The summed E-state index contributed by atoms with van der Waals surface area (Å²) in [6.07, 6.45) is -0.338. The summed E-state index contributed by atoms with van der Waals surface area (Å²) in [5, 5.41) is 13.4. The third-order valence-corrected chi connectivity index (χ3v) is 3.33. The van der Waals surface area contributed by atoms with Gasteiger partial charge in [0.1, 0.15) is 9.45 Å². The summed E-state index contributed by atoms with van der Waals surface area (Å²) in [4.78, 5) is 11.0. The van der Waals surface area contributed by atoms with Gasteiger partial charge in [0.15, 0.2) is 0 Å². The Balaban J connectivity index is 2.63. The molecule has 0 aliphatic rings. The minimum absolute atomic E-state index is 0.0452. The molecule has 7 nitrogen and oxygen atoms in total. The summed E-state index contributed by atoms with van der Waals surface area (Å²) in [6, 6.07) is 4.32. The lowest BCUT2D eigenvalue weighted by Crippen LogP contribution is -2.10. The van der Waals surface area contributed by atoms with Gasteiger partial charge in [-0.15, -0.1) is 0 Å². The van der Waals surface area contributed by atoms with Crippen LogP contribution in [-0.2, 0) is 10.1 Å². The van der Waals surface area contributed by atoms with Crippen LogP contribution in [0.5, 0.6) is 5.75 Å². The van der Waals surface area contributed by atoms with E-state index in [0.29, 0.717) is 9.09 Å². The van der Waals surface area contributed by atoms with E-state index in [9.17, 15) is 13.2 Å². The van der Waals surface area contributed by atoms with Crippen molar-refractivity contribution in [2.24, 2.45) is 0 Å². The van der Waals surface area contributed by atoms with Crippen molar-refractivity contribution in [3.63, 3.8) is 0 Å². The Hall–Kier alpha value is -1.36. The first-order valence-electron chi connectivity index (χ1n) is 4.59. The topological polar surface area (TPSA) is 98.5 Å². The Kier molecular flexibility index (Phi) is 3.19. The molecule has 0 amide bonds. The summed E-state index contributed by atoms with van der Waals surface area (Å²) in [5.41, 5.74) is 0.271. The fourth-order valence-corrected chi connectivity index (χ4v) is 2.55. The van der Waals surface area contributed by atoms with Crippen molar-refractivity contribution in [2.45, 2.75) is 0 Å². The molecule has 0 spiro atoms. The van der Waals surface area contributed by atoms with Crippen molar-refractivity contribution in [3.8, 4) is 5.75 Å². The number of carboxylic acid groups (broad SMARTS) is 1. The van der Waals surface area contributed by atoms with Gasteiger partial charge in [0.2, 0.25) is 0 Å². The smallest absolute Gasteiger partial charge is 0.432 e. The van der Waals surface area contributed by atoms with E-state index in [0.717, 1.165) is 10.9 Å². The van der Waals surface area contributed by atoms with E-state index in [2.05, 4.69) is 9.28 Å². The fraction of sp³-hybridized carbons (Fsp3) is 0.111. The van der Waals surface area contributed by atoms with E-state index in [1.165, 1.54) is 12.1 Å². The highest BCUT2D eigenvalue weighted by atomic mass is 127. The Bertz CT molecular complexity index is 737. The first kappa shape index (κ1) is 13.1. The lowest BCUT2D eigenvalue weighted by Gasteiger charge is -2.03.